The molecule has 2 aromatic rings. The number of para-hydroxylation sites is 1. The Bertz CT molecular complexity index is 785. The van der Waals surface area contributed by atoms with Crippen LogP contribution in [0.5, 0.6) is 5.75 Å². The number of carbonyl (C=O) groups excluding carboxylic acids is 1. The maximum absolute atomic E-state index is 12.6. The Balaban J connectivity index is 1.62. The van der Waals surface area contributed by atoms with Crippen LogP contribution in [0.4, 0.5) is 0 Å². The lowest BCUT2D eigenvalue weighted by Gasteiger charge is -2.41. The number of carbonyl (C=O) groups is 1. The van der Waals surface area contributed by atoms with Gasteiger partial charge in [-0.3, -0.25) is 4.79 Å². The molecule has 27 heavy (non-hydrogen) atoms. The molecule has 1 amide bonds. The summed E-state index contributed by atoms with van der Waals surface area (Å²) >= 11 is 1.66. The zero-order valence-electron chi connectivity index (χ0n) is 16.5. The molecule has 0 fully saturated rings. The van der Waals surface area contributed by atoms with Gasteiger partial charge in [0.05, 0.1) is 11.8 Å². The largest absolute Gasteiger partial charge is 0.487 e. The van der Waals surface area contributed by atoms with Crippen LogP contribution in [-0.4, -0.2) is 17.3 Å². The standard InChI is InChI=1S/C23H29NO2S/c1-4-23(5-2)14-20(19-11-6-7-12-21(19)26-23)24-22(25)16-27-15-18-10-8-9-17(3)13-18/h6-13,20H,4-5,14-16H2,1-3H3,(H,24,25). The Hall–Kier alpha value is -1.94. The second-order valence-electron chi connectivity index (χ2n) is 7.34. The maximum Gasteiger partial charge on any atom is 0.230 e. The fourth-order valence-electron chi connectivity index (χ4n) is 3.73. The van der Waals surface area contributed by atoms with Crippen LogP contribution in [0, 0.1) is 6.92 Å². The topological polar surface area (TPSA) is 38.3 Å². The summed E-state index contributed by atoms with van der Waals surface area (Å²) in [7, 11) is 0. The average Bonchev–Trinajstić information content (AvgIpc) is 2.68. The number of benzene rings is 2. The number of hydrogen-bond donors (Lipinski definition) is 1. The number of fused-ring (bicyclic) bond motifs is 1. The summed E-state index contributed by atoms with van der Waals surface area (Å²) in [4.78, 5) is 12.6. The number of rotatable bonds is 7. The van der Waals surface area contributed by atoms with Crippen LogP contribution in [-0.2, 0) is 10.5 Å². The predicted molar refractivity (Wildman–Crippen MR) is 113 cm³/mol. The van der Waals surface area contributed by atoms with E-state index < -0.39 is 0 Å². The first-order valence-corrected chi connectivity index (χ1v) is 10.9. The van der Waals surface area contributed by atoms with E-state index in [1.165, 1.54) is 11.1 Å². The maximum atomic E-state index is 12.6. The van der Waals surface area contributed by atoms with E-state index in [1.807, 2.05) is 18.2 Å². The molecule has 2 aromatic carbocycles. The van der Waals surface area contributed by atoms with Gasteiger partial charge in [0.2, 0.25) is 5.91 Å². The smallest absolute Gasteiger partial charge is 0.230 e. The molecule has 3 rings (SSSR count). The van der Waals surface area contributed by atoms with Gasteiger partial charge in [-0.2, -0.15) is 0 Å². The minimum Gasteiger partial charge on any atom is -0.487 e. The van der Waals surface area contributed by atoms with Crippen molar-refractivity contribution in [1.29, 1.82) is 0 Å². The lowest BCUT2D eigenvalue weighted by molar-refractivity contribution is -0.120. The van der Waals surface area contributed by atoms with E-state index in [0.29, 0.717) is 5.75 Å². The van der Waals surface area contributed by atoms with Crippen molar-refractivity contribution in [2.45, 2.75) is 57.4 Å². The van der Waals surface area contributed by atoms with Crippen LogP contribution in [0.2, 0.25) is 0 Å². The highest BCUT2D eigenvalue weighted by molar-refractivity contribution is 7.99. The van der Waals surface area contributed by atoms with E-state index in [9.17, 15) is 4.79 Å². The van der Waals surface area contributed by atoms with Crippen molar-refractivity contribution < 1.29 is 9.53 Å². The van der Waals surface area contributed by atoms with Gasteiger partial charge in [-0.05, 0) is 31.4 Å². The first-order valence-electron chi connectivity index (χ1n) is 9.76. The number of ether oxygens (including phenoxy) is 1. The third-order valence-electron chi connectivity index (χ3n) is 5.41. The summed E-state index contributed by atoms with van der Waals surface area (Å²) in [5, 5.41) is 3.26. The van der Waals surface area contributed by atoms with Crippen LogP contribution < -0.4 is 10.1 Å². The van der Waals surface area contributed by atoms with Gasteiger partial charge >= 0.3 is 0 Å². The molecule has 0 aromatic heterocycles. The van der Waals surface area contributed by atoms with Crippen LogP contribution >= 0.6 is 11.8 Å². The summed E-state index contributed by atoms with van der Waals surface area (Å²) in [5.41, 5.74) is 3.42. The van der Waals surface area contributed by atoms with Gasteiger partial charge in [0.1, 0.15) is 11.4 Å². The Morgan fingerprint density at radius 2 is 1.96 bits per heavy atom. The third kappa shape index (κ3) is 4.86. The molecule has 144 valence electrons. The highest BCUT2D eigenvalue weighted by Crippen LogP contribution is 2.42. The van der Waals surface area contributed by atoms with Crippen molar-refractivity contribution >= 4 is 17.7 Å². The molecule has 1 heterocycles. The first kappa shape index (κ1) is 19.8. The predicted octanol–water partition coefficient (Wildman–Crippen LogP) is 5.43. The second kappa shape index (κ2) is 8.83. The Labute approximate surface area is 166 Å². The zero-order chi connectivity index (χ0) is 19.3. The third-order valence-corrected chi connectivity index (χ3v) is 6.41. The van der Waals surface area contributed by atoms with E-state index in [0.717, 1.165) is 36.3 Å². The fourth-order valence-corrected chi connectivity index (χ4v) is 4.52. The average molecular weight is 384 g/mol. The zero-order valence-corrected chi connectivity index (χ0v) is 17.3. The summed E-state index contributed by atoms with van der Waals surface area (Å²) in [6.45, 7) is 6.42. The van der Waals surface area contributed by atoms with Crippen LogP contribution in [0.15, 0.2) is 48.5 Å². The molecule has 0 spiro atoms. The fraction of sp³-hybridized carbons (Fsp3) is 0.435. The van der Waals surface area contributed by atoms with Gasteiger partial charge in [0.25, 0.3) is 0 Å². The van der Waals surface area contributed by atoms with Crippen LogP contribution in [0.3, 0.4) is 0 Å². The van der Waals surface area contributed by atoms with Gasteiger partial charge in [-0.15, -0.1) is 11.8 Å². The van der Waals surface area contributed by atoms with Crippen molar-refractivity contribution in [3.8, 4) is 5.75 Å². The monoisotopic (exact) mass is 383 g/mol. The minimum absolute atomic E-state index is 0.0157. The lowest BCUT2D eigenvalue weighted by Crippen LogP contribution is -2.44. The Morgan fingerprint density at radius 1 is 1.19 bits per heavy atom. The number of nitrogens with one attached hydrogen (secondary N) is 1. The number of thioether (sulfide) groups is 1. The quantitative estimate of drug-likeness (QED) is 0.693. The molecule has 0 aliphatic carbocycles. The molecule has 1 unspecified atom stereocenters. The molecule has 0 bridgehead atoms. The molecule has 1 aliphatic rings. The number of hydrogen-bond acceptors (Lipinski definition) is 3. The summed E-state index contributed by atoms with van der Waals surface area (Å²) < 4.78 is 6.32. The van der Waals surface area contributed by atoms with Crippen molar-refractivity contribution in [3.05, 3.63) is 65.2 Å². The van der Waals surface area contributed by atoms with Crippen LogP contribution in [0.25, 0.3) is 0 Å². The van der Waals surface area contributed by atoms with Crippen LogP contribution in [0.1, 0.15) is 55.8 Å². The molecular weight excluding hydrogens is 354 g/mol. The minimum atomic E-state index is -0.193. The van der Waals surface area contributed by atoms with Gasteiger partial charge < -0.3 is 10.1 Å². The van der Waals surface area contributed by atoms with E-state index in [2.05, 4.69) is 56.4 Å². The highest BCUT2D eigenvalue weighted by atomic mass is 32.2. The SMILES string of the molecule is CCC1(CC)CC(NC(=O)CSCc2cccc(C)c2)c2ccccc2O1. The Morgan fingerprint density at radius 3 is 2.70 bits per heavy atom. The van der Waals surface area contributed by atoms with Crippen molar-refractivity contribution in [2.24, 2.45) is 0 Å². The Kier molecular flexibility index (Phi) is 6.48. The summed E-state index contributed by atoms with van der Waals surface area (Å²) in [6, 6.07) is 16.6. The lowest BCUT2D eigenvalue weighted by atomic mass is 9.83. The van der Waals surface area contributed by atoms with Crippen molar-refractivity contribution in [3.63, 3.8) is 0 Å². The molecule has 1 aliphatic heterocycles. The number of amides is 1. The molecule has 0 radical (unpaired) electrons. The van der Waals surface area contributed by atoms with Crippen molar-refractivity contribution in [1.82, 2.24) is 5.32 Å². The second-order valence-corrected chi connectivity index (χ2v) is 8.32. The first-order chi connectivity index (χ1) is 13.0. The van der Waals surface area contributed by atoms with Gasteiger partial charge in [0.15, 0.2) is 0 Å². The molecule has 0 saturated carbocycles. The van der Waals surface area contributed by atoms with E-state index in [4.69, 9.17) is 4.74 Å². The van der Waals surface area contributed by atoms with Gasteiger partial charge in [-0.25, -0.2) is 0 Å². The number of aryl methyl sites for hydroxylation is 1. The molecule has 0 saturated heterocycles. The summed E-state index contributed by atoms with van der Waals surface area (Å²) in [5.74, 6) is 2.33. The van der Waals surface area contributed by atoms with E-state index in [-0.39, 0.29) is 17.6 Å². The molecule has 1 N–H and O–H groups in total. The highest BCUT2D eigenvalue weighted by Gasteiger charge is 2.38. The van der Waals surface area contributed by atoms with E-state index >= 15 is 0 Å². The summed E-state index contributed by atoms with van der Waals surface area (Å²) in [6.07, 6.45) is 2.70. The normalized spacial score (nSPS) is 17.7. The van der Waals surface area contributed by atoms with Gasteiger partial charge in [0, 0.05) is 17.7 Å². The van der Waals surface area contributed by atoms with E-state index in [1.54, 1.807) is 11.8 Å². The molecule has 4 heteroatoms. The molecular formula is C23H29NO2S. The molecule has 1 atom stereocenters. The van der Waals surface area contributed by atoms with Gasteiger partial charge in [-0.1, -0.05) is 61.9 Å². The van der Waals surface area contributed by atoms with Crippen molar-refractivity contribution in [2.75, 3.05) is 5.75 Å². The molecule has 3 nitrogen and oxygen atoms in total.